The summed E-state index contributed by atoms with van der Waals surface area (Å²) in [5, 5.41) is 3.83. The van der Waals surface area contributed by atoms with Crippen molar-refractivity contribution in [3.05, 3.63) is 69.5 Å². The maximum atomic E-state index is 15.1. The third-order valence-corrected chi connectivity index (χ3v) is 6.68. The molecule has 32 heavy (non-hydrogen) atoms. The summed E-state index contributed by atoms with van der Waals surface area (Å²) in [7, 11) is 0. The van der Waals surface area contributed by atoms with Gasteiger partial charge >= 0.3 is 0 Å². The molecule has 0 amide bonds. The Bertz CT molecular complexity index is 1200. The Morgan fingerprint density at radius 1 is 1.22 bits per heavy atom. The Kier molecular flexibility index (Phi) is 5.69. The van der Waals surface area contributed by atoms with E-state index in [-0.39, 0.29) is 11.2 Å². The highest BCUT2D eigenvalue weighted by atomic mass is 19.1. The van der Waals surface area contributed by atoms with Crippen LogP contribution in [0.2, 0.25) is 0 Å². The highest BCUT2D eigenvalue weighted by Crippen LogP contribution is 2.38. The minimum Gasteiger partial charge on any atom is -0.369 e. The van der Waals surface area contributed by atoms with E-state index >= 15 is 4.39 Å². The van der Waals surface area contributed by atoms with Crippen LogP contribution in [-0.4, -0.2) is 29.2 Å². The molecule has 1 aromatic carbocycles. The van der Waals surface area contributed by atoms with Crippen LogP contribution < -0.4 is 21.4 Å². The van der Waals surface area contributed by atoms with Gasteiger partial charge in [0.05, 0.1) is 11.2 Å². The lowest BCUT2D eigenvalue weighted by Gasteiger charge is -2.21. The van der Waals surface area contributed by atoms with Gasteiger partial charge in [-0.3, -0.25) is 9.78 Å². The molecule has 2 aromatic heterocycles. The number of hydrogen-bond acceptors (Lipinski definition) is 5. The van der Waals surface area contributed by atoms with Crippen molar-refractivity contribution < 1.29 is 4.39 Å². The SMILES string of the molecule is Cc1cc(CNCc2cn(C3CC3)c3cc(N4CC[C@H](CN)C4)c(F)cc3c2=O)ccn1. The van der Waals surface area contributed by atoms with E-state index in [0.717, 1.165) is 49.1 Å². The van der Waals surface area contributed by atoms with Gasteiger partial charge in [0, 0.05) is 61.3 Å². The fraction of sp³-hybridized carbons (Fsp3) is 0.440. The molecule has 5 rings (SSSR count). The predicted molar refractivity (Wildman–Crippen MR) is 125 cm³/mol. The minimum absolute atomic E-state index is 0.0954. The summed E-state index contributed by atoms with van der Waals surface area (Å²) < 4.78 is 17.3. The Hall–Kier alpha value is -2.77. The van der Waals surface area contributed by atoms with Crippen LogP contribution in [0.5, 0.6) is 0 Å². The lowest BCUT2D eigenvalue weighted by atomic mass is 10.1. The zero-order valence-electron chi connectivity index (χ0n) is 18.5. The summed E-state index contributed by atoms with van der Waals surface area (Å²) in [6.07, 6.45) is 6.92. The van der Waals surface area contributed by atoms with E-state index in [4.69, 9.17) is 5.73 Å². The molecule has 3 heterocycles. The van der Waals surface area contributed by atoms with Crippen LogP contribution in [0.15, 0.2) is 41.5 Å². The lowest BCUT2D eigenvalue weighted by Crippen LogP contribution is -2.25. The molecule has 0 radical (unpaired) electrons. The minimum atomic E-state index is -0.327. The number of aryl methyl sites for hydroxylation is 1. The Morgan fingerprint density at radius 2 is 2.06 bits per heavy atom. The van der Waals surface area contributed by atoms with E-state index in [2.05, 4.69) is 19.8 Å². The van der Waals surface area contributed by atoms with Gasteiger partial charge in [0.25, 0.3) is 0 Å². The van der Waals surface area contributed by atoms with Gasteiger partial charge in [-0.05, 0) is 68.5 Å². The number of halogens is 1. The molecule has 2 fully saturated rings. The molecule has 1 atom stereocenters. The van der Waals surface area contributed by atoms with Gasteiger partial charge in [0.2, 0.25) is 0 Å². The molecule has 0 spiro atoms. The van der Waals surface area contributed by atoms with E-state index in [9.17, 15) is 4.79 Å². The van der Waals surface area contributed by atoms with Gasteiger partial charge in [-0.1, -0.05) is 0 Å². The molecule has 0 bridgehead atoms. The van der Waals surface area contributed by atoms with Crippen molar-refractivity contribution >= 4 is 16.6 Å². The van der Waals surface area contributed by atoms with Gasteiger partial charge in [0.1, 0.15) is 5.82 Å². The van der Waals surface area contributed by atoms with Crippen molar-refractivity contribution in [3.63, 3.8) is 0 Å². The zero-order valence-corrected chi connectivity index (χ0v) is 18.5. The van der Waals surface area contributed by atoms with E-state index in [0.29, 0.717) is 48.2 Å². The molecule has 2 aliphatic rings. The molecule has 1 aliphatic heterocycles. The second kappa shape index (κ2) is 8.64. The molecule has 6 nitrogen and oxygen atoms in total. The monoisotopic (exact) mass is 435 g/mol. The number of rotatable bonds is 7. The normalized spacial score (nSPS) is 18.6. The number of fused-ring (bicyclic) bond motifs is 1. The van der Waals surface area contributed by atoms with E-state index in [1.54, 1.807) is 6.20 Å². The Balaban J connectivity index is 1.46. The molecular formula is C25H30FN5O. The Morgan fingerprint density at radius 3 is 2.78 bits per heavy atom. The fourth-order valence-electron chi connectivity index (χ4n) is 4.74. The highest BCUT2D eigenvalue weighted by Gasteiger charge is 2.28. The third kappa shape index (κ3) is 4.14. The van der Waals surface area contributed by atoms with Crippen molar-refractivity contribution in [3.8, 4) is 0 Å². The quantitative estimate of drug-likeness (QED) is 0.596. The smallest absolute Gasteiger partial charge is 0.193 e. The summed E-state index contributed by atoms with van der Waals surface area (Å²) in [4.78, 5) is 19.5. The first-order valence-electron chi connectivity index (χ1n) is 11.5. The van der Waals surface area contributed by atoms with E-state index in [1.165, 1.54) is 6.07 Å². The number of aromatic nitrogens is 2. The fourth-order valence-corrected chi connectivity index (χ4v) is 4.74. The summed E-state index contributed by atoms with van der Waals surface area (Å²) in [6.45, 7) is 5.24. The van der Waals surface area contributed by atoms with Crippen LogP contribution >= 0.6 is 0 Å². The first-order chi connectivity index (χ1) is 15.5. The van der Waals surface area contributed by atoms with Crippen molar-refractivity contribution in [1.82, 2.24) is 14.9 Å². The standard InChI is InChI=1S/C25H30FN5O/c1-16-8-17(4-6-29-16)12-28-13-19-15-31(20-2-3-20)23-10-24(22(26)9-21(23)25(19)32)30-7-5-18(11-27)14-30/h4,6,8-10,15,18,20,28H,2-3,5,7,11-14,27H2,1H3/t18-/m1/s1. The van der Waals surface area contributed by atoms with Gasteiger partial charge in [-0.15, -0.1) is 0 Å². The first-order valence-corrected chi connectivity index (χ1v) is 11.5. The number of nitrogens with two attached hydrogens (primary N) is 1. The predicted octanol–water partition coefficient (Wildman–Crippen LogP) is 3.25. The maximum absolute atomic E-state index is 15.1. The van der Waals surface area contributed by atoms with Crippen molar-refractivity contribution in [2.75, 3.05) is 24.5 Å². The summed E-state index contributed by atoms with van der Waals surface area (Å²) >= 11 is 0. The molecule has 3 N–H and O–H groups in total. The average Bonchev–Trinajstić information content (AvgIpc) is 3.52. The van der Waals surface area contributed by atoms with Crippen LogP contribution in [0, 0.1) is 18.7 Å². The largest absolute Gasteiger partial charge is 0.369 e. The topological polar surface area (TPSA) is 76.2 Å². The Labute approximate surface area is 187 Å². The van der Waals surface area contributed by atoms with E-state index in [1.807, 2.05) is 31.3 Å². The van der Waals surface area contributed by atoms with Crippen LogP contribution in [0.25, 0.3) is 10.9 Å². The average molecular weight is 436 g/mol. The lowest BCUT2D eigenvalue weighted by molar-refractivity contribution is 0.597. The summed E-state index contributed by atoms with van der Waals surface area (Å²) in [5.74, 6) is 0.0698. The number of hydrogen-bond donors (Lipinski definition) is 2. The molecule has 1 saturated carbocycles. The van der Waals surface area contributed by atoms with Crippen LogP contribution in [-0.2, 0) is 13.1 Å². The molecule has 1 saturated heterocycles. The molecular weight excluding hydrogens is 405 g/mol. The van der Waals surface area contributed by atoms with Crippen LogP contribution in [0.4, 0.5) is 10.1 Å². The second-order valence-corrected chi connectivity index (χ2v) is 9.19. The van der Waals surface area contributed by atoms with Gasteiger partial charge in [-0.2, -0.15) is 0 Å². The van der Waals surface area contributed by atoms with Crippen LogP contribution in [0.1, 0.15) is 42.1 Å². The molecule has 0 unspecified atom stereocenters. The number of benzene rings is 1. The van der Waals surface area contributed by atoms with Crippen LogP contribution in [0.3, 0.4) is 0 Å². The molecule has 168 valence electrons. The molecule has 3 aromatic rings. The number of nitrogens with one attached hydrogen (secondary N) is 1. The third-order valence-electron chi connectivity index (χ3n) is 6.68. The van der Waals surface area contributed by atoms with Gasteiger partial charge in [0.15, 0.2) is 5.43 Å². The van der Waals surface area contributed by atoms with Gasteiger partial charge < -0.3 is 20.5 Å². The van der Waals surface area contributed by atoms with E-state index < -0.39 is 0 Å². The van der Waals surface area contributed by atoms with Crippen molar-refractivity contribution in [2.45, 2.75) is 45.3 Å². The summed E-state index contributed by atoms with van der Waals surface area (Å²) in [6, 6.07) is 7.69. The maximum Gasteiger partial charge on any atom is 0.193 e. The van der Waals surface area contributed by atoms with Crippen molar-refractivity contribution in [1.29, 1.82) is 0 Å². The first kappa shape index (κ1) is 21.1. The van der Waals surface area contributed by atoms with Crippen molar-refractivity contribution in [2.24, 2.45) is 11.7 Å². The number of nitrogens with zero attached hydrogens (tertiary/aromatic N) is 3. The summed E-state index contributed by atoms with van der Waals surface area (Å²) in [5.41, 5.74) is 9.90. The molecule has 1 aliphatic carbocycles. The second-order valence-electron chi connectivity index (χ2n) is 9.19. The van der Waals surface area contributed by atoms with Gasteiger partial charge in [-0.25, -0.2) is 4.39 Å². The highest BCUT2D eigenvalue weighted by molar-refractivity contribution is 5.84. The zero-order chi connectivity index (χ0) is 22.2. The number of anilines is 1. The number of pyridine rings is 2. The molecule has 7 heteroatoms.